The van der Waals surface area contributed by atoms with Gasteiger partial charge in [-0.2, -0.15) is 0 Å². The zero-order valence-electron chi connectivity index (χ0n) is 11.4. The third-order valence-electron chi connectivity index (χ3n) is 2.75. The molecule has 2 N–H and O–H groups in total. The fourth-order valence-corrected chi connectivity index (χ4v) is 2.04. The van der Waals surface area contributed by atoms with Gasteiger partial charge < -0.3 is 19.9 Å². The van der Waals surface area contributed by atoms with Gasteiger partial charge in [0.15, 0.2) is 0 Å². The van der Waals surface area contributed by atoms with Crippen LogP contribution in [-0.2, 0) is 9.47 Å². The summed E-state index contributed by atoms with van der Waals surface area (Å²) in [7, 11) is 1.63. The van der Waals surface area contributed by atoms with Crippen molar-refractivity contribution in [3.8, 4) is 0 Å². The van der Waals surface area contributed by atoms with Gasteiger partial charge in [0.2, 0.25) is 0 Å². The van der Waals surface area contributed by atoms with E-state index in [0.29, 0.717) is 26.4 Å². The molecule has 1 aromatic carbocycles. The second kappa shape index (κ2) is 9.44. The third kappa shape index (κ3) is 7.03. The second-order valence-corrected chi connectivity index (χ2v) is 5.32. The Labute approximate surface area is 123 Å². The molecule has 0 heterocycles. The molecule has 0 radical (unpaired) electrons. The Bertz CT molecular complexity index is 362. The number of aliphatic hydroxyl groups excluding tert-OH is 1. The van der Waals surface area contributed by atoms with Crippen molar-refractivity contribution in [2.24, 2.45) is 0 Å². The van der Waals surface area contributed by atoms with Crippen molar-refractivity contribution in [1.29, 1.82) is 0 Å². The lowest BCUT2D eigenvalue weighted by Crippen LogP contribution is -2.32. The summed E-state index contributed by atoms with van der Waals surface area (Å²) in [5, 5.41) is 13.0. The Hall–Kier alpha value is -0.460. The summed E-state index contributed by atoms with van der Waals surface area (Å²) in [6.07, 6.45) is -0.508. The van der Waals surface area contributed by atoms with Crippen LogP contribution in [0.4, 0.5) is 0 Å². The minimum absolute atomic E-state index is 0.186. The molecule has 0 aliphatic heterocycles. The van der Waals surface area contributed by atoms with E-state index in [4.69, 9.17) is 9.47 Å². The van der Waals surface area contributed by atoms with Gasteiger partial charge in [-0.3, -0.25) is 0 Å². The van der Waals surface area contributed by atoms with Crippen LogP contribution in [0.15, 0.2) is 28.7 Å². The number of aliphatic hydroxyl groups is 1. The molecule has 0 amide bonds. The smallest absolute Gasteiger partial charge is 0.0897 e. The zero-order chi connectivity index (χ0) is 14.1. The van der Waals surface area contributed by atoms with E-state index in [2.05, 4.69) is 40.3 Å². The van der Waals surface area contributed by atoms with Crippen molar-refractivity contribution in [2.75, 3.05) is 33.5 Å². The van der Waals surface area contributed by atoms with Gasteiger partial charge in [0, 0.05) is 24.2 Å². The molecule has 5 heteroatoms. The molecule has 1 aromatic rings. The van der Waals surface area contributed by atoms with Crippen molar-refractivity contribution in [3.63, 3.8) is 0 Å². The summed E-state index contributed by atoms with van der Waals surface area (Å²) in [5.74, 6) is 0. The first kappa shape index (κ1) is 16.6. The quantitative estimate of drug-likeness (QED) is 0.680. The molecule has 4 nitrogen and oxygen atoms in total. The van der Waals surface area contributed by atoms with Crippen LogP contribution in [0.1, 0.15) is 18.5 Å². The molecule has 0 spiro atoms. The number of ether oxygens (including phenoxy) is 2. The van der Waals surface area contributed by atoms with E-state index in [-0.39, 0.29) is 6.04 Å². The minimum atomic E-state index is -0.508. The summed E-state index contributed by atoms with van der Waals surface area (Å²) in [5.41, 5.74) is 1.18. The lowest BCUT2D eigenvalue weighted by atomic mass is 10.1. The molecular formula is C14H22BrNO3. The standard InChI is InChI=1S/C14H22BrNO3/c1-11(12-4-3-5-13(15)8-12)16-9-14(17)10-19-7-6-18-2/h3-5,8,11,14,16-17H,6-7,9-10H2,1-2H3. The van der Waals surface area contributed by atoms with Gasteiger partial charge in [0.25, 0.3) is 0 Å². The van der Waals surface area contributed by atoms with Crippen molar-refractivity contribution in [3.05, 3.63) is 34.3 Å². The predicted octanol–water partition coefficient (Wildman–Crippen LogP) is 2.12. The molecule has 0 aliphatic carbocycles. The number of benzene rings is 1. The van der Waals surface area contributed by atoms with Gasteiger partial charge in [-0.1, -0.05) is 28.1 Å². The molecule has 0 aliphatic rings. The van der Waals surface area contributed by atoms with Gasteiger partial charge >= 0.3 is 0 Å². The first-order valence-electron chi connectivity index (χ1n) is 6.37. The van der Waals surface area contributed by atoms with E-state index < -0.39 is 6.10 Å². The molecule has 0 aromatic heterocycles. The highest BCUT2D eigenvalue weighted by atomic mass is 79.9. The number of nitrogens with one attached hydrogen (secondary N) is 1. The van der Waals surface area contributed by atoms with Gasteiger partial charge in [0.1, 0.15) is 0 Å². The average Bonchev–Trinajstić information content (AvgIpc) is 2.41. The van der Waals surface area contributed by atoms with Crippen LogP contribution in [-0.4, -0.2) is 44.7 Å². The van der Waals surface area contributed by atoms with E-state index in [1.54, 1.807) is 7.11 Å². The second-order valence-electron chi connectivity index (χ2n) is 4.41. The highest BCUT2D eigenvalue weighted by Crippen LogP contribution is 2.17. The van der Waals surface area contributed by atoms with Crippen LogP contribution < -0.4 is 5.32 Å². The normalized spacial score (nSPS) is 14.3. The minimum Gasteiger partial charge on any atom is -0.389 e. The first-order chi connectivity index (χ1) is 9.13. The Morgan fingerprint density at radius 3 is 2.84 bits per heavy atom. The van der Waals surface area contributed by atoms with Gasteiger partial charge in [-0.15, -0.1) is 0 Å². The Morgan fingerprint density at radius 2 is 2.16 bits per heavy atom. The van der Waals surface area contributed by atoms with Gasteiger partial charge in [-0.05, 0) is 24.6 Å². The van der Waals surface area contributed by atoms with Crippen LogP contribution >= 0.6 is 15.9 Å². The molecule has 19 heavy (non-hydrogen) atoms. The van der Waals surface area contributed by atoms with Gasteiger partial charge in [-0.25, -0.2) is 0 Å². The molecule has 2 unspecified atom stereocenters. The average molecular weight is 332 g/mol. The monoisotopic (exact) mass is 331 g/mol. The predicted molar refractivity (Wildman–Crippen MR) is 79.3 cm³/mol. The summed E-state index contributed by atoms with van der Waals surface area (Å²) in [6.45, 7) is 3.95. The highest BCUT2D eigenvalue weighted by molar-refractivity contribution is 9.10. The molecule has 2 atom stereocenters. The number of rotatable bonds is 9. The summed E-state index contributed by atoms with van der Waals surface area (Å²) < 4.78 is 11.2. The summed E-state index contributed by atoms with van der Waals surface area (Å²) in [6, 6.07) is 8.31. The topological polar surface area (TPSA) is 50.7 Å². The van der Waals surface area contributed by atoms with Crippen LogP contribution in [0.3, 0.4) is 0 Å². The Morgan fingerprint density at radius 1 is 1.37 bits per heavy atom. The van der Waals surface area contributed by atoms with Crippen LogP contribution in [0.25, 0.3) is 0 Å². The van der Waals surface area contributed by atoms with Crippen molar-refractivity contribution in [1.82, 2.24) is 5.32 Å². The largest absolute Gasteiger partial charge is 0.389 e. The fraction of sp³-hybridized carbons (Fsp3) is 0.571. The van der Waals surface area contributed by atoms with Crippen LogP contribution in [0, 0.1) is 0 Å². The molecule has 108 valence electrons. The molecule has 0 bridgehead atoms. The maximum Gasteiger partial charge on any atom is 0.0897 e. The number of hydrogen-bond acceptors (Lipinski definition) is 4. The zero-order valence-corrected chi connectivity index (χ0v) is 13.0. The number of methoxy groups -OCH3 is 1. The third-order valence-corrected chi connectivity index (χ3v) is 3.24. The molecule has 0 saturated heterocycles. The Kier molecular flexibility index (Phi) is 8.25. The molecule has 0 saturated carbocycles. The van der Waals surface area contributed by atoms with Crippen molar-refractivity contribution in [2.45, 2.75) is 19.1 Å². The van der Waals surface area contributed by atoms with Crippen LogP contribution in [0.5, 0.6) is 0 Å². The van der Waals surface area contributed by atoms with Gasteiger partial charge in [0.05, 0.1) is 25.9 Å². The SMILES string of the molecule is COCCOCC(O)CNC(C)c1cccc(Br)c1. The number of halogens is 1. The summed E-state index contributed by atoms with van der Waals surface area (Å²) in [4.78, 5) is 0. The first-order valence-corrected chi connectivity index (χ1v) is 7.16. The van der Waals surface area contributed by atoms with Crippen LogP contribution in [0.2, 0.25) is 0 Å². The number of hydrogen-bond donors (Lipinski definition) is 2. The van der Waals surface area contributed by atoms with E-state index in [1.807, 2.05) is 12.1 Å². The Balaban J connectivity index is 2.24. The summed E-state index contributed by atoms with van der Waals surface area (Å²) >= 11 is 3.45. The maximum atomic E-state index is 9.76. The fourth-order valence-electron chi connectivity index (χ4n) is 1.63. The lowest BCUT2D eigenvalue weighted by Gasteiger charge is -2.17. The molecular weight excluding hydrogens is 310 g/mol. The van der Waals surface area contributed by atoms with E-state index in [9.17, 15) is 5.11 Å². The van der Waals surface area contributed by atoms with E-state index in [1.165, 1.54) is 5.56 Å². The van der Waals surface area contributed by atoms with Crippen molar-refractivity contribution < 1.29 is 14.6 Å². The molecule has 0 fully saturated rings. The lowest BCUT2D eigenvalue weighted by molar-refractivity contribution is 0.0130. The maximum absolute atomic E-state index is 9.76. The van der Waals surface area contributed by atoms with E-state index >= 15 is 0 Å². The van der Waals surface area contributed by atoms with E-state index in [0.717, 1.165) is 4.47 Å². The van der Waals surface area contributed by atoms with Crippen molar-refractivity contribution >= 4 is 15.9 Å². The highest BCUT2D eigenvalue weighted by Gasteiger charge is 2.09. The molecule has 1 rings (SSSR count).